The van der Waals surface area contributed by atoms with Crippen LogP contribution in [0.3, 0.4) is 0 Å². The zero-order valence-corrected chi connectivity index (χ0v) is 13.1. The van der Waals surface area contributed by atoms with E-state index in [0.717, 1.165) is 0 Å². The van der Waals surface area contributed by atoms with Crippen molar-refractivity contribution in [3.63, 3.8) is 0 Å². The Bertz CT molecular complexity index is 713. The molecule has 0 spiro atoms. The molecule has 1 atom stereocenters. The third-order valence-corrected chi connectivity index (χ3v) is 9.15. The maximum absolute atomic E-state index is 2.49. The molecule has 3 rings (SSSR count). The average Bonchev–Trinajstić information content (AvgIpc) is 2.54. The predicted octanol–water partition coefficient (Wildman–Crippen LogP) is 4.05. The van der Waals surface area contributed by atoms with Gasteiger partial charge in [-0.25, -0.2) is 0 Å². The summed E-state index contributed by atoms with van der Waals surface area (Å²) in [5.41, 5.74) is 0. The molecule has 0 amide bonds. The monoisotopic (exact) mass is 276 g/mol. The maximum Gasteiger partial charge on any atom is 0.115 e. The van der Waals surface area contributed by atoms with Crippen molar-refractivity contribution in [2.45, 2.75) is 19.5 Å². The van der Waals surface area contributed by atoms with Crippen molar-refractivity contribution in [1.29, 1.82) is 0 Å². The van der Waals surface area contributed by atoms with Crippen LogP contribution in [0.15, 0.2) is 72.8 Å². The molecule has 0 radical (unpaired) electrons. The van der Waals surface area contributed by atoms with Gasteiger partial charge in [-0.2, -0.15) is 0 Å². The zero-order chi connectivity index (χ0) is 14.0. The summed E-state index contributed by atoms with van der Waals surface area (Å²) in [6.07, 6.45) is 0. The van der Waals surface area contributed by atoms with Crippen LogP contribution in [0.5, 0.6) is 0 Å². The summed E-state index contributed by atoms with van der Waals surface area (Å²) in [6.45, 7) is 4.82. The van der Waals surface area contributed by atoms with E-state index in [1.54, 1.807) is 5.19 Å². The van der Waals surface area contributed by atoms with E-state index in [0.29, 0.717) is 0 Å². The van der Waals surface area contributed by atoms with Gasteiger partial charge in [-0.15, -0.1) is 0 Å². The third-order valence-electron chi connectivity index (χ3n) is 4.50. The van der Waals surface area contributed by atoms with Crippen molar-refractivity contribution >= 4 is 29.2 Å². The van der Waals surface area contributed by atoms with E-state index < -0.39 is 8.07 Å². The Kier molecular flexibility index (Phi) is 3.45. The molecule has 100 valence electrons. The van der Waals surface area contributed by atoms with E-state index in [1.807, 2.05) is 0 Å². The minimum absolute atomic E-state index is 1.23. The maximum atomic E-state index is 2.49. The summed E-state index contributed by atoms with van der Waals surface area (Å²) in [4.78, 5) is 0. The van der Waals surface area contributed by atoms with Gasteiger partial charge in [0.15, 0.2) is 0 Å². The molecule has 0 nitrogen and oxygen atoms in total. The molecule has 0 aliphatic rings. The lowest BCUT2D eigenvalue weighted by Gasteiger charge is -2.28. The van der Waals surface area contributed by atoms with Crippen LogP contribution in [0, 0.1) is 0 Å². The normalized spacial score (nSPS) is 14.1. The molecule has 0 unspecified atom stereocenters. The molecule has 0 saturated heterocycles. The van der Waals surface area contributed by atoms with Crippen molar-refractivity contribution in [2.24, 2.45) is 0 Å². The molecule has 20 heavy (non-hydrogen) atoms. The van der Waals surface area contributed by atoms with Gasteiger partial charge >= 0.3 is 0 Å². The molecule has 0 bridgehead atoms. The standard InChI is InChI=1S/C19H20Si/c1-3-20(2,17-12-5-4-6-13-17)19-15-9-11-16-10-7-8-14-18(16)19/h4-15H,3H2,1-2H3/t20-/m0/s1. The second kappa shape index (κ2) is 5.26. The van der Waals surface area contributed by atoms with Crippen LogP contribution < -0.4 is 10.4 Å². The van der Waals surface area contributed by atoms with E-state index in [1.165, 1.54) is 22.0 Å². The largest absolute Gasteiger partial charge is 0.115 e. The summed E-state index contributed by atoms with van der Waals surface area (Å²) in [5, 5.41) is 5.87. The Morgan fingerprint density at radius 2 is 1.40 bits per heavy atom. The number of hydrogen-bond acceptors (Lipinski definition) is 0. The van der Waals surface area contributed by atoms with E-state index in [4.69, 9.17) is 0 Å². The van der Waals surface area contributed by atoms with E-state index in [-0.39, 0.29) is 0 Å². The molecule has 0 fully saturated rings. The van der Waals surface area contributed by atoms with Crippen LogP contribution in [-0.2, 0) is 0 Å². The first-order valence-corrected chi connectivity index (χ1v) is 10.00. The van der Waals surface area contributed by atoms with Crippen LogP contribution in [0.25, 0.3) is 10.8 Å². The van der Waals surface area contributed by atoms with Crippen molar-refractivity contribution < 1.29 is 0 Å². The van der Waals surface area contributed by atoms with Crippen molar-refractivity contribution in [2.75, 3.05) is 0 Å². The average molecular weight is 276 g/mol. The Morgan fingerprint density at radius 1 is 0.750 bits per heavy atom. The first-order valence-electron chi connectivity index (χ1n) is 7.29. The summed E-state index contributed by atoms with van der Waals surface area (Å²) in [5.74, 6) is 0. The highest BCUT2D eigenvalue weighted by Gasteiger charge is 2.30. The van der Waals surface area contributed by atoms with Crippen molar-refractivity contribution in [3.05, 3.63) is 72.8 Å². The van der Waals surface area contributed by atoms with Crippen molar-refractivity contribution in [3.8, 4) is 0 Å². The lowest BCUT2D eigenvalue weighted by atomic mass is 10.1. The lowest BCUT2D eigenvalue weighted by Crippen LogP contribution is -2.55. The number of benzene rings is 3. The van der Waals surface area contributed by atoms with Gasteiger partial charge < -0.3 is 0 Å². The van der Waals surface area contributed by atoms with E-state index >= 15 is 0 Å². The number of rotatable bonds is 3. The highest BCUT2D eigenvalue weighted by atomic mass is 28.3. The molecular formula is C19H20Si. The molecular weight excluding hydrogens is 256 g/mol. The van der Waals surface area contributed by atoms with Crippen LogP contribution in [0.1, 0.15) is 6.92 Å². The van der Waals surface area contributed by atoms with E-state index in [9.17, 15) is 0 Å². The van der Waals surface area contributed by atoms with Gasteiger partial charge in [0.05, 0.1) is 0 Å². The smallest absolute Gasteiger partial charge is 0.0672 e. The second-order valence-corrected chi connectivity index (χ2v) is 10.1. The molecule has 0 aromatic heterocycles. The fraction of sp³-hybridized carbons (Fsp3) is 0.158. The number of hydrogen-bond donors (Lipinski definition) is 0. The predicted molar refractivity (Wildman–Crippen MR) is 91.8 cm³/mol. The minimum Gasteiger partial charge on any atom is -0.0672 e. The van der Waals surface area contributed by atoms with Gasteiger partial charge in [-0.1, -0.05) is 97.5 Å². The van der Waals surface area contributed by atoms with E-state index in [2.05, 4.69) is 86.3 Å². The Hall–Kier alpha value is -1.86. The highest BCUT2D eigenvalue weighted by molar-refractivity contribution is 7.02. The SMILES string of the molecule is CC[Si@@](C)(c1ccccc1)c1cccc2ccccc12. The second-order valence-electron chi connectivity index (χ2n) is 5.58. The highest BCUT2D eigenvalue weighted by Crippen LogP contribution is 2.18. The zero-order valence-electron chi connectivity index (χ0n) is 12.1. The van der Waals surface area contributed by atoms with Gasteiger partial charge in [0.2, 0.25) is 0 Å². The molecule has 0 N–H and O–H groups in total. The molecule has 3 aromatic rings. The molecule has 0 aliphatic carbocycles. The Labute approximate surface area is 122 Å². The Balaban J connectivity index is 2.27. The van der Waals surface area contributed by atoms with Gasteiger partial charge in [0.1, 0.15) is 8.07 Å². The molecule has 0 saturated carbocycles. The van der Waals surface area contributed by atoms with Crippen LogP contribution in [0.2, 0.25) is 12.6 Å². The summed E-state index contributed by atoms with van der Waals surface area (Å²) in [7, 11) is -1.64. The molecule has 1 heteroatoms. The van der Waals surface area contributed by atoms with Crippen LogP contribution in [-0.4, -0.2) is 8.07 Å². The van der Waals surface area contributed by atoms with Gasteiger partial charge in [-0.3, -0.25) is 0 Å². The fourth-order valence-electron chi connectivity index (χ4n) is 3.06. The Morgan fingerprint density at radius 3 is 2.15 bits per heavy atom. The first kappa shape index (κ1) is 13.1. The first-order chi connectivity index (χ1) is 9.75. The van der Waals surface area contributed by atoms with Crippen LogP contribution in [0.4, 0.5) is 0 Å². The summed E-state index contributed by atoms with van der Waals surface area (Å²) in [6, 6.07) is 27.8. The quantitative estimate of drug-likeness (QED) is 0.633. The lowest BCUT2D eigenvalue weighted by molar-refractivity contribution is 1.39. The number of fused-ring (bicyclic) bond motifs is 1. The van der Waals surface area contributed by atoms with Crippen LogP contribution >= 0.6 is 0 Å². The minimum atomic E-state index is -1.64. The topological polar surface area (TPSA) is 0 Å². The summed E-state index contributed by atoms with van der Waals surface area (Å²) >= 11 is 0. The van der Waals surface area contributed by atoms with Crippen molar-refractivity contribution in [1.82, 2.24) is 0 Å². The summed E-state index contributed by atoms with van der Waals surface area (Å²) < 4.78 is 0. The fourth-order valence-corrected chi connectivity index (χ4v) is 6.38. The third kappa shape index (κ3) is 2.08. The van der Waals surface area contributed by atoms with Gasteiger partial charge in [0.25, 0.3) is 0 Å². The molecule has 0 aliphatic heterocycles. The molecule has 0 heterocycles. The van der Waals surface area contributed by atoms with Gasteiger partial charge in [-0.05, 0) is 16.0 Å². The van der Waals surface area contributed by atoms with Gasteiger partial charge in [0, 0.05) is 0 Å². The molecule has 3 aromatic carbocycles.